The van der Waals surface area contributed by atoms with Crippen LogP contribution in [0, 0.1) is 0 Å². The zero-order valence-electron chi connectivity index (χ0n) is 27.8. The van der Waals surface area contributed by atoms with Gasteiger partial charge in [-0.15, -0.1) is 0 Å². The number of furan rings is 1. The molecule has 0 fully saturated rings. The summed E-state index contributed by atoms with van der Waals surface area (Å²) in [6, 6.07) is 55.0. The molecule has 240 valence electrons. The highest BCUT2D eigenvalue weighted by Crippen LogP contribution is 2.43. The monoisotopic (exact) mass is 653 g/mol. The van der Waals surface area contributed by atoms with Gasteiger partial charge in [-0.3, -0.25) is 0 Å². The number of nitrogens with zero attached hydrogens (tertiary/aromatic N) is 3. The van der Waals surface area contributed by atoms with Crippen LogP contribution in [0.2, 0.25) is 0 Å². The van der Waals surface area contributed by atoms with Crippen molar-refractivity contribution in [3.63, 3.8) is 0 Å². The third-order valence-corrected chi connectivity index (χ3v) is 10.0. The molecule has 4 heteroatoms. The first kappa shape index (κ1) is 29.3. The molecule has 0 unspecified atom stereocenters. The fourth-order valence-electron chi connectivity index (χ4n) is 7.53. The van der Waals surface area contributed by atoms with E-state index in [0.29, 0.717) is 17.5 Å². The summed E-state index contributed by atoms with van der Waals surface area (Å²) in [4.78, 5) is 15.2. The predicted molar refractivity (Wildman–Crippen MR) is 209 cm³/mol. The molecule has 2 heterocycles. The van der Waals surface area contributed by atoms with Crippen molar-refractivity contribution in [1.29, 1.82) is 0 Å². The summed E-state index contributed by atoms with van der Waals surface area (Å²) < 4.78 is 6.71. The van der Waals surface area contributed by atoms with Crippen LogP contribution in [0.3, 0.4) is 0 Å². The Bertz CT molecular complexity index is 2740. The Balaban J connectivity index is 1.15. The molecule has 0 atom stereocenters. The molecule has 0 saturated carbocycles. The number of fused-ring (bicyclic) bond motifs is 6. The Hall–Kier alpha value is -6.65. The molecule has 4 nitrogen and oxygen atoms in total. The molecule has 2 aromatic heterocycles. The van der Waals surface area contributed by atoms with Crippen molar-refractivity contribution in [2.45, 2.75) is 12.8 Å². The standard InChI is InChI=1S/C47H31N3O/c1-3-14-31(15-4-1)45-48-46(32-16-5-2-6-17-32)50-47(49-45)42-29-41-40-28-34(25-26-43(40)51-44(41)39-23-10-9-22-38(39)42)33-19-11-20-35(27-33)37-24-12-18-30-13-7-8-21-36(30)37/h1-24,27-29H,25-26H2. The van der Waals surface area contributed by atoms with Crippen molar-refractivity contribution >= 4 is 44.2 Å². The topological polar surface area (TPSA) is 51.8 Å². The Morgan fingerprint density at radius 1 is 0.412 bits per heavy atom. The smallest absolute Gasteiger partial charge is 0.164 e. The summed E-state index contributed by atoms with van der Waals surface area (Å²) in [6.45, 7) is 0. The summed E-state index contributed by atoms with van der Waals surface area (Å²) in [5.74, 6) is 2.95. The maximum atomic E-state index is 6.71. The molecule has 0 spiro atoms. The third kappa shape index (κ3) is 5.12. The van der Waals surface area contributed by atoms with Gasteiger partial charge in [0.1, 0.15) is 11.3 Å². The SMILES string of the molecule is C1=C(c2cccc(-c3cccc4ccccc34)c2)CCc2oc3c(cc(-c4nc(-c5ccccc5)nc(-c5ccccc5)n4)c4ccccc43)c21. The zero-order valence-corrected chi connectivity index (χ0v) is 27.8. The highest BCUT2D eigenvalue weighted by Gasteiger charge is 2.23. The second kappa shape index (κ2) is 12.0. The van der Waals surface area contributed by atoms with Crippen LogP contribution in [0.4, 0.5) is 0 Å². The van der Waals surface area contributed by atoms with Crippen molar-refractivity contribution in [1.82, 2.24) is 15.0 Å². The minimum atomic E-state index is 0.638. The fraction of sp³-hybridized carbons (Fsp3) is 0.0426. The van der Waals surface area contributed by atoms with Crippen LogP contribution in [0.1, 0.15) is 23.3 Å². The van der Waals surface area contributed by atoms with Gasteiger partial charge < -0.3 is 4.42 Å². The van der Waals surface area contributed by atoms with Gasteiger partial charge in [-0.2, -0.15) is 0 Å². The van der Waals surface area contributed by atoms with E-state index in [0.717, 1.165) is 62.6 Å². The largest absolute Gasteiger partial charge is 0.460 e. The highest BCUT2D eigenvalue weighted by atomic mass is 16.3. The molecule has 9 aromatic rings. The summed E-state index contributed by atoms with van der Waals surface area (Å²) in [7, 11) is 0. The van der Waals surface area contributed by atoms with Gasteiger partial charge in [0, 0.05) is 39.4 Å². The van der Waals surface area contributed by atoms with Crippen molar-refractivity contribution in [2.75, 3.05) is 0 Å². The first-order valence-corrected chi connectivity index (χ1v) is 17.4. The number of hydrogen-bond acceptors (Lipinski definition) is 4. The molecule has 51 heavy (non-hydrogen) atoms. The molecule has 7 aromatic carbocycles. The lowest BCUT2D eigenvalue weighted by Crippen LogP contribution is -2.00. The number of aryl methyl sites for hydroxylation is 1. The van der Waals surface area contributed by atoms with Crippen LogP contribution in [0.15, 0.2) is 162 Å². The minimum absolute atomic E-state index is 0.638. The Morgan fingerprint density at radius 2 is 1.00 bits per heavy atom. The van der Waals surface area contributed by atoms with Crippen LogP contribution in [-0.2, 0) is 6.42 Å². The summed E-state index contributed by atoms with van der Waals surface area (Å²) in [5, 5.41) is 5.69. The molecule has 0 amide bonds. The first-order chi connectivity index (χ1) is 25.3. The lowest BCUT2D eigenvalue weighted by Gasteiger charge is -2.15. The van der Waals surface area contributed by atoms with Crippen LogP contribution < -0.4 is 0 Å². The van der Waals surface area contributed by atoms with E-state index in [1.54, 1.807) is 0 Å². The lowest BCUT2D eigenvalue weighted by atomic mass is 9.89. The lowest BCUT2D eigenvalue weighted by molar-refractivity contribution is 0.550. The van der Waals surface area contributed by atoms with Gasteiger partial charge in [-0.1, -0.05) is 146 Å². The molecule has 0 N–H and O–H groups in total. The van der Waals surface area contributed by atoms with Gasteiger partial charge in [0.25, 0.3) is 0 Å². The summed E-state index contributed by atoms with van der Waals surface area (Å²) in [6.07, 6.45) is 4.08. The molecule has 1 aliphatic carbocycles. The van der Waals surface area contributed by atoms with Crippen LogP contribution >= 0.6 is 0 Å². The quantitative estimate of drug-likeness (QED) is 0.185. The maximum absolute atomic E-state index is 6.71. The van der Waals surface area contributed by atoms with Gasteiger partial charge in [0.15, 0.2) is 17.5 Å². The third-order valence-electron chi connectivity index (χ3n) is 10.0. The van der Waals surface area contributed by atoms with Crippen LogP contribution in [0.25, 0.3) is 89.5 Å². The second-order valence-corrected chi connectivity index (χ2v) is 13.1. The van der Waals surface area contributed by atoms with Crippen molar-refractivity contribution in [2.24, 2.45) is 0 Å². The van der Waals surface area contributed by atoms with Gasteiger partial charge in [0.2, 0.25) is 0 Å². The molecule has 0 aliphatic heterocycles. The van der Waals surface area contributed by atoms with Gasteiger partial charge >= 0.3 is 0 Å². The maximum Gasteiger partial charge on any atom is 0.164 e. The normalized spacial score (nSPS) is 12.7. The molecular formula is C47H31N3O. The zero-order chi connectivity index (χ0) is 33.7. The van der Waals surface area contributed by atoms with E-state index in [4.69, 9.17) is 19.4 Å². The fourth-order valence-corrected chi connectivity index (χ4v) is 7.53. The second-order valence-electron chi connectivity index (χ2n) is 13.1. The molecule has 0 radical (unpaired) electrons. The molecular weight excluding hydrogens is 623 g/mol. The van der Waals surface area contributed by atoms with Gasteiger partial charge in [-0.25, -0.2) is 15.0 Å². The van der Waals surface area contributed by atoms with E-state index in [1.807, 2.05) is 60.7 Å². The van der Waals surface area contributed by atoms with Gasteiger partial charge in [0.05, 0.1) is 0 Å². The predicted octanol–water partition coefficient (Wildman–Crippen LogP) is 12.1. The van der Waals surface area contributed by atoms with E-state index in [9.17, 15) is 0 Å². The number of hydrogen-bond donors (Lipinski definition) is 0. The van der Waals surface area contributed by atoms with E-state index >= 15 is 0 Å². The van der Waals surface area contributed by atoms with Crippen molar-refractivity contribution in [3.8, 4) is 45.3 Å². The summed E-state index contributed by atoms with van der Waals surface area (Å²) >= 11 is 0. The first-order valence-electron chi connectivity index (χ1n) is 17.4. The van der Waals surface area contributed by atoms with E-state index in [-0.39, 0.29) is 0 Å². The molecule has 1 aliphatic rings. The average Bonchev–Trinajstić information content (AvgIpc) is 3.59. The number of allylic oxidation sites excluding steroid dienone is 1. The molecule has 10 rings (SSSR count). The van der Waals surface area contributed by atoms with Crippen molar-refractivity contribution in [3.05, 3.63) is 175 Å². The Kier molecular flexibility index (Phi) is 6.91. The van der Waals surface area contributed by atoms with Crippen LogP contribution in [0.5, 0.6) is 0 Å². The van der Waals surface area contributed by atoms with Crippen molar-refractivity contribution < 1.29 is 4.42 Å². The van der Waals surface area contributed by atoms with E-state index in [1.165, 1.54) is 33.0 Å². The van der Waals surface area contributed by atoms with Gasteiger partial charge in [-0.05, 0) is 63.1 Å². The Morgan fingerprint density at radius 3 is 1.76 bits per heavy atom. The highest BCUT2D eigenvalue weighted by molar-refractivity contribution is 6.14. The minimum Gasteiger partial charge on any atom is -0.460 e. The number of benzene rings is 7. The average molecular weight is 654 g/mol. The van der Waals surface area contributed by atoms with E-state index in [2.05, 4.69) is 103 Å². The summed E-state index contributed by atoms with van der Waals surface area (Å²) in [5.41, 5.74) is 9.90. The number of aromatic nitrogens is 3. The Labute approximate surface area is 295 Å². The number of rotatable bonds is 5. The molecule has 0 saturated heterocycles. The van der Waals surface area contributed by atoms with Crippen LogP contribution in [-0.4, -0.2) is 15.0 Å². The molecule has 0 bridgehead atoms. The van der Waals surface area contributed by atoms with E-state index < -0.39 is 0 Å².